The van der Waals surface area contributed by atoms with Crippen LogP contribution in [0.2, 0.25) is 0 Å². The van der Waals surface area contributed by atoms with Crippen molar-refractivity contribution in [1.29, 1.82) is 0 Å². The third-order valence-electron chi connectivity index (χ3n) is 6.30. The van der Waals surface area contributed by atoms with Crippen LogP contribution in [0.25, 0.3) is 0 Å². The van der Waals surface area contributed by atoms with Gasteiger partial charge >= 0.3 is 0 Å². The standard InChI is InChI=1S/C22H40N2O2/c1-19-11-15-23(16-12-19)21(25)9-7-5-3-4-6-8-10-22(26)24-17-13-20(2)14-18-24/h19-20H,3-18H2,1-2H3. The number of hydrogen-bond acceptors (Lipinski definition) is 2. The molecule has 0 saturated carbocycles. The molecule has 0 radical (unpaired) electrons. The number of likely N-dealkylation sites (tertiary alicyclic amines) is 2. The topological polar surface area (TPSA) is 40.6 Å². The summed E-state index contributed by atoms with van der Waals surface area (Å²) in [4.78, 5) is 28.5. The molecule has 2 fully saturated rings. The van der Waals surface area contributed by atoms with Crippen LogP contribution < -0.4 is 0 Å². The minimum Gasteiger partial charge on any atom is -0.343 e. The number of amides is 2. The molecule has 0 aromatic heterocycles. The zero-order valence-electron chi connectivity index (χ0n) is 17.2. The molecule has 0 spiro atoms. The van der Waals surface area contributed by atoms with Gasteiger partial charge in [0.1, 0.15) is 0 Å². The smallest absolute Gasteiger partial charge is 0.222 e. The van der Waals surface area contributed by atoms with Gasteiger partial charge in [-0.3, -0.25) is 9.59 Å². The highest BCUT2D eigenvalue weighted by molar-refractivity contribution is 5.76. The summed E-state index contributed by atoms with van der Waals surface area (Å²) >= 11 is 0. The number of hydrogen-bond donors (Lipinski definition) is 0. The molecule has 26 heavy (non-hydrogen) atoms. The van der Waals surface area contributed by atoms with E-state index in [2.05, 4.69) is 23.6 Å². The molecular formula is C22H40N2O2. The fourth-order valence-electron chi connectivity index (χ4n) is 4.09. The second-order valence-corrected chi connectivity index (χ2v) is 8.75. The molecule has 0 unspecified atom stereocenters. The minimum absolute atomic E-state index is 0.360. The maximum Gasteiger partial charge on any atom is 0.222 e. The lowest BCUT2D eigenvalue weighted by Crippen LogP contribution is -2.37. The Morgan fingerprint density at radius 3 is 1.27 bits per heavy atom. The van der Waals surface area contributed by atoms with Crippen LogP contribution in [0.3, 0.4) is 0 Å². The second-order valence-electron chi connectivity index (χ2n) is 8.75. The number of unbranched alkanes of at least 4 members (excludes halogenated alkanes) is 5. The van der Waals surface area contributed by atoms with Gasteiger partial charge in [0.2, 0.25) is 11.8 Å². The highest BCUT2D eigenvalue weighted by atomic mass is 16.2. The molecule has 0 aromatic carbocycles. The maximum absolute atomic E-state index is 12.2. The van der Waals surface area contributed by atoms with Crippen LogP contribution in [0, 0.1) is 11.8 Å². The molecule has 0 N–H and O–H groups in total. The van der Waals surface area contributed by atoms with E-state index in [1.165, 1.54) is 38.5 Å². The van der Waals surface area contributed by atoms with Crippen molar-refractivity contribution in [3.05, 3.63) is 0 Å². The Balaban J connectivity index is 1.41. The molecular weight excluding hydrogens is 324 g/mol. The summed E-state index contributed by atoms with van der Waals surface area (Å²) in [6.45, 7) is 8.41. The van der Waals surface area contributed by atoms with Crippen LogP contribution in [-0.2, 0) is 9.59 Å². The fourth-order valence-corrected chi connectivity index (χ4v) is 4.09. The van der Waals surface area contributed by atoms with Gasteiger partial charge in [0, 0.05) is 39.0 Å². The van der Waals surface area contributed by atoms with E-state index in [1.807, 2.05) is 0 Å². The van der Waals surface area contributed by atoms with Gasteiger partial charge in [0.25, 0.3) is 0 Å². The SMILES string of the molecule is CC1CCN(C(=O)CCCCCCCCC(=O)N2CCC(C)CC2)CC1. The Morgan fingerprint density at radius 2 is 0.923 bits per heavy atom. The first-order valence-electron chi connectivity index (χ1n) is 11.1. The van der Waals surface area contributed by atoms with Crippen molar-refractivity contribution in [2.75, 3.05) is 26.2 Å². The van der Waals surface area contributed by atoms with E-state index in [1.54, 1.807) is 0 Å². The van der Waals surface area contributed by atoms with E-state index in [-0.39, 0.29) is 0 Å². The molecule has 0 aromatic rings. The quantitative estimate of drug-likeness (QED) is 0.560. The van der Waals surface area contributed by atoms with Crippen LogP contribution in [0.5, 0.6) is 0 Å². The van der Waals surface area contributed by atoms with Crippen LogP contribution in [0.15, 0.2) is 0 Å². The molecule has 4 heteroatoms. The van der Waals surface area contributed by atoms with E-state index >= 15 is 0 Å². The summed E-state index contributed by atoms with van der Waals surface area (Å²) < 4.78 is 0. The van der Waals surface area contributed by atoms with Crippen LogP contribution in [0.1, 0.15) is 90.9 Å². The van der Waals surface area contributed by atoms with Gasteiger partial charge in [-0.05, 0) is 50.4 Å². The highest BCUT2D eigenvalue weighted by Gasteiger charge is 2.20. The maximum atomic E-state index is 12.2. The van der Waals surface area contributed by atoms with Gasteiger partial charge in [0.05, 0.1) is 0 Å². The van der Waals surface area contributed by atoms with Gasteiger partial charge in [-0.2, -0.15) is 0 Å². The summed E-state index contributed by atoms with van der Waals surface area (Å²) in [6, 6.07) is 0. The normalized spacial score (nSPS) is 19.8. The van der Waals surface area contributed by atoms with E-state index in [4.69, 9.17) is 0 Å². The zero-order valence-corrected chi connectivity index (χ0v) is 17.2. The average molecular weight is 365 g/mol. The molecule has 2 aliphatic heterocycles. The van der Waals surface area contributed by atoms with Crippen molar-refractivity contribution >= 4 is 11.8 Å². The van der Waals surface area contributed by atoms with Crippen LogP contribution in [0.4, 0.5) is 0 Å². The lowest BCUT2D eigenvalue weighted by Gasteiger charge is -2.30. The second kappa shape index (κ2) is 11.6. The molecule has 0 atom stereocenters. The monoisotopic (exact) mass is 364 g/mol. The summed E-state index contributed by atoms with van der Waals surface area (Å²) in [5.41, 5.74) is 0. The summed E-state index contributed by atoms with van der Waals surface area (Å²) in [7, 11) is 0. The number of rotatable bonds is 9. The Labute approximate surface area is 160 Å². The van der Waals surface area contributed by atoms with E-state index < -0.39 is 0 Å². The van der Waals surface area contributed by atoms with Gasteiger partial charge < -0.3 is 9.80 Å². The molecule has 2 rings (SSSR count). The van der Waals surface area contributed by atoms with Crippen molar-refractivity contribution in [2.24, 2.45) is 11.8 Å². The first kappa shape index (κ1) is 21.2. The molecule has 2 heterocycles. The van der Waals surface area contributed by atoms with Gasteiger partial charge in [0.15, 0.2) is 0 Å². The number of nitrogens with zero attached hydrogens (tertiary/aromatic N) is 2. The van der Waals surface area contributed by atoms with Gasteiger partial charge in [-0.15, -0.1) is 0 Å². The Bertz CT molecular complexity index is 382. The molecule has 0 aliphatic carbocycles. The lowest BCUT2D eigenvalue weighted by atomic mass is 9.98. The summed E-state index contributed by atoms with van der Waals surface area (Å²) in [6.07, 6.45) is 12.8. The number of piperidine rings is 2. The predicted octanol–water partition coefficient (Wildman–Crippen LogP) is 4.62. The van der Waals surface area contributed by atoms with Crippen molar-refractivity contribution in [2.45, 2.75) is 90.9 Å². The van der Waals surface area contributed by atoms with Crippen molar-refractivity contribution < 1.29 is 9.59 Å². The third-order valence-corrected chi connectivity index (χ3v) is 6.30. The predicted molar refractivity (Wildman–Crippen MR) is 107 cm³/mol. The Hall–Kier alpha value is -1.06. The molecule has 2 amide bonds. The summed E-state index contributed by atoms with van der Waals surface area (Å²) in [5, 5.41) is 0. The highest BCUT2D eigenvalue weighted by Crippen LogP contribution is 2.19. The first-order chi connectivity index (χ1) is 12.6. The van der Waals surface area contributed by atoms with Crippen LogP contribution >= 0.6 is 0 Å². The average Bonchev–Trinajstić information content (AvgIpc) is 2.64. The third kappa shape index (κ3) is 7.67. The van der Waals surface area contributed by atoms with Crippen molar-refractivity contribution in [3.8, 4) is 0 Å². The molecule has 150 valence electrons. The molecule has 2 aliphatic rings. The van der Waals surface area contributed by atoms with E-state index in [0.29, 0.717) is 11.8 Å². The lowest BCUT2D eigenvalue weighted by molar-refractivity contribution is -0.133. The van der Waals surface area contributed by atoms with Gasteiger partial charge in [-0.1, -0.05) is 39.5 Å². The minimum atomic E-state index is 0.360. The fraction of sp³-hybridized carbons (Fsp3) is 0.909. The van der Waals surface area contributed by atoms with Crippen LogP contribution in [-0.4, -0.2) is 47.8 Å². The van der Waals surface area contributed by atoms with E-state index in [0.717, 1.165) is 76.5 Å². The Kier molecular flexibility index (Phi) is 9.49. The Morgan fingerprint density at radius 1 is 0.615 bits per heavy atom. The number of carbonyl (C=O) groups excluding carboxylic acids is 2. The summed E-state index contributed by atoms with van der Waals surface area (Å²) in [5.74, 6) is 2.28. The van der Waals surface area contributed by atoms with Crippen molar-refractivity contribution in [3.63, 3.8) is 0 Å². The molecule has 0 bridgehead atoms. The van der Waals surface area contributed by atoms with Crippen molar-refractivity contribution in [1.82, 2.24) is 9.80 Å². The van der Waals surface area contributed by atoms with Gasteiger partial charge in [-0.25, -0.2) is 0 Å². The first-order valence-corrected chi connectivity index (χ1v) is 11.1. The largest absolute Gasteiger partial charge is 0.343 e. The zero-order chi connectivity index (χ0) is 18.8. The molecule has 2 saturated heterocycles. The number of carbonyl (C=O) groups is 2. The molecule has 4 nitrogen and oxygen atoms in total. The van der Waals surface area contributed by atoms with E-state index in [9.17, 15) is 9.59 Å².